The van der Waals surface area contributed by atoms with E-state index < -0.39 is 0 Å². The van der Waals surface area contributed by atoms with Gasteiger partial charge < -0.3 is 10.6 Å². The van der Waals surface area contributed by atoms with Crippen molar-refractivity contribution in [3.63, 3.8) is 0 Å². The lowest BCUT2D eigenvalue weighted by atomic mass is 10.2. The molecule has 0 saturated heterocycles. The highest BCUT2D eigenvalue weighted by atomic mass is 127. The van der Waals surface area contributed by atoms with Crippen LogP contribution >= 0.6 is 35.3 Å². The minimum atomic E-state index is 0. The average Bonchev–Trinajstić information content (AvgIpc) is 3.26. The summed E-state index contributed by atoms with van der Waals surface area (Å²) in [6.45, 7) is 5.51. The summed E-state index contributed by atoms with van der Waals surface area (Å²) < 4.78 is 1.84. The van der Waals surface area contributed by atoms with Crippen LogP contribution in [-0.2, 0) is 13.1 Å². The van der Waals surface area contributed by atoms with E-state index in [0.29, 0.717) is 13.1 Å². The van der Waals surface area contributed by atoms with Gasteiger partial charge in [0.1, 0.15) is 5.01 Å². The number of rotatable bonds is 5. The molecule has 3 aromatic rings. The van der Waals surface area contributed by atoms with Crippen LogP contribution in [0.1, 0.15) is 21.1 Å². The van der Waals surface area contributed by atoms with E-state index in [9.17, 15) is 0 Å². The zero-order chi connectivity index (χ0) is 17.6. The van der Waals surface area contributed by atoms with Gasteiger partial charge in [-0.2, -0.15) is 5.10 Å². The van der Waals surface area contributed by atoms with Gasteiger partial charge in [-0.1, -0.05) is 12.1 Å². The monoisotopic (exact) mass is 482 g/mol. The van der Waals surface area contributed by atoms with E-state index in [1.54, 1.807) is 24.6 Å². The van der Waals surface area contributed by atoms with Gasteiger partial charge in [0.15, 0.2) is 5.96 Å². The molecular weight excluding hydrogens is 459 g/mol. The lowest BCUT2D eigenvalue weighted by molar-refractivity contribution is 0.802. The first-order chi connectivity index (χ1) is 12.2. The molecule has 0 radical (unpaired) electrons. The molecule has 0 bridgehead atoms. The molecule has 0 unspecified atom stereocenters. The number of aryl methyl sites for hydroxylation is 2. The minimum Gasteiger partial charge on any atom is -0.352 e. The molecule has 0 spiro atoms. The first-order valence-corrected chi connectivity index (χ1v) is 8.94. The third-order valence-electron chi connectivity index (χ3n) is 3.87. The van der Waals surface area contributed by atoms with Crippen molar-refractivity contribution in [2.45, 2.75) is 26.9 Å². The van der Waals surface area contributed by atoms with Crippen molar-refractivity contribution in [1.29, 1.82) is 0 Å². The molecule has 0 aliphatic rings. The molecule has 138 valence electrons. The van der Waals surface area contributed by atoms with Crippen LogP contribution in [0.5, 0.6) is 0 Å². The quantitative estimate of drug-likeness (QED) is 0.332. The number of hydrogen-bond donors (Lipinski definition) is 2. The molecule has 0 amide bonds. The third-order valence-corrected chi connectivity index (χ3v) is 4.94. The van der Waals surface area contributed by atoms with Crippen LogP contribution < -0.4 is 10.6 Å². The molecule has 2 heterocycles. The summed E-state index contributed by atoms with van der Waals surface area (Å²) >= 11 is 1.72. The maximum atomic E-state index is 4.53. The van der Waals surface area contributed by atoms with Gasteiger partial charge in [-0.05, 0) is 37.6 Å². The van der Waals surface area contributed by atoms with Crippen LogP contribution in [0.2, 0.25) is 0 Å². The fourth-order valence-electron chi connectivity index (χ4n) is 2.37. The molecule has 3 rings (SSSR count). The third kappa shape index (κ3) is 5.28. The van der Waals surface area contributed by atoms with Crippen LogP contribution in [0.3, 0.4) is 0 Å². The number of benzene rings is 1. The SMILES string of the molecule is CN=C(NCc1ccc(-n2cccn2)cc1)NCc1nc(C)c(C)s1.I. The Morgan fingerprint density at radius 1 is 1.15 bits per heavy atom. The van der Waals surface area contributed by atoms with E-state index in [-0.39, 0.29) is 24.0 Å². The number of guanidine groups is 1. The van der Waals surface area contributed by atoms with Crippen molar-refractivity contribution in [2.24, 2.45) is 4.99 Å². The number of nitrogens with zero attached hydrogens (tertiary/aromatic N) is 4. The highest BCUT2D eigenvalue weighted by molar-refractivity contribution is 14.0. The molecule has 1 aromatic carbocycles. The number of halogens is 1. The summed E-state index contributed by atoms with van der Waals surface area (Å²) in [6, 6.07) is 10.2. The van der Waals surface area contributed by atoms with Gasteiger partial charge in [-0.25, -0.2) is 9.67 Å². The second-order valence-electron chi connectivity index (χ2n) is 5.65. The Morgan fingerprint density at radius 3 is 2.46 bits per heavy atom. The van der Waals surface area contributed by atoms with Crippen LogP contribution in [0.4, 0.5) is 0 Å². The highest BCUT2D eigenvalue weighted by Crippen LogP contribution is 2.15. The lowest BCUT2D eigenvalue weighted by Crippen LogP contribution is -2.36. The molecule has 0 aliphatic carbocycles. The van der Waals surface area contributed by atoms with E-state index in [1.807, 2.05) is 23.9 Å². The molecule has 0 atom stereocenters. The van der Waals surface area contributed by atoms with E-state index in [1.165, 1.54) is 10.4 Å². The second kappa shape index (κ2) is 9.67. The largest absolute Gasteiger partial charge is 0.352 e. The normalized spacial score (nSPS) is 11.1. The van der Waals surface area contributed by atoms with Gasteiger partial charge in [0.25, 0.3) is 0 Å². The molecule has 6 nitrogen and oxygen atoms in total. The standard InChI is InChI=1S/C18H22N6S.HI/c1-13-14(2)25-17(23-13)12-21-18(19-3)20-11-15-5-7-16(8-6-15)24-10-4-9-22-24;/h4-10H,11-12H2,1-3H3,(H2,19,20,21);1H. The molecule has 2 N–H and O–H groups in total. The van der Waals surface area contributed by atoms with Crippen LogP contribution in [0.25, 0.3) is 5.69 Å². The zero-order valence-corrected chi connectivity index (χ0v) is 18.2. The second-order valence-corrected chi connectivity index (χ2v) is 6.93. The Morgan fingerprint density at radius 2 is 1.88 bits per heavy atom. The fourth-order valence-corrected chi connectivity index (χ4v) is 3.24. The van der Waals surface area contributed by atoms with Gasteiger partial charge in [0.2, 0.25) is 0 Å². The van der Waals surface area contributed by atoms with E-state index in [2.05, 4.69) is 56.9 Å². The number of aliphatic imine (C=N–C) groups is 1. The minimum absolute atomic E-state index is 0. The Bertz CT molecular complexity index is 820. The summed E-state index contributed by atoms with van der Waals surface area (Å²) in [5.41, 5.74) is 3.33. The van der Waals surface area contributed by atoms with Crippen LogP contribution in [-0.4, -0.2) is 27.8 Å². The fraction of sp³-hybridized carbons (Fsp3) is 0.278. The smallest absolute Gasteiger partial charge is 0.191 e. The molecule has 0 aliphatic heterocycles. The van der Waals surface area contributed by atoms with E-state index >= 15 is 0 Å². The Labute approximate surface area is 174 Å². The van der Waals surface area contributed by atoms with Crippen molar-refractivity contribution < 1.29 is 0 Å². The highest BCUT2D eigenvalue weighted by Gasteiger charge is 2.05. The van der Waals surface area contributed by atoms with Crippen molar-refractivity contribution in [1.82, 2.24) is 25.4 Å². The van der Waals surface area contributed by atoms with E-state index in [0.717, 1.165) is 22.3 Å². The molecular formula is C18H23IN6S. The summed E-state index contributed by atoms with van der Waals surface area (Å²) in [7, 11) is 1.77. The number of thiazole rings is 1. The van der Waals surface area contributed by atoms with Crippen LogP contribution in [0.15, 0.2) is 47.7 Å². The average molecular weight is 482 g/mol. The van der Waals surface area contributed by atoms with E-state index in [4.69, 9.17) is 0 Å². The van der Waals surface area contributed by atoms with Crippen molar-refractivity contribution in [3.8, 4) is 5.69 Å². The zero-order valence-electron chi connectivity index (χ0n) is 15.1. The first-order valence-electron chi connectivity index (χ1n) is 8.12. The number of hydrogen-bond acceptors (Lipinski definition) is 4. The predicted octanol–water partition coefficient (Wildman–Crippen LogP) is 3.43. The van der Waals surface area contributed by atoms with Gasteiger partial charge in [0.05, 0.1) is 17.9 Å². The number of aromatic nitrogens is 3. The predicted molar refractivity (Wildman–Crippen MR) is 118 cm³/mol. The summed E-state index contributed by atoms with van der Waals surface area (Å²) in [6.07, 6.45) is 3.71. The Hall–Kier alpha value is -1.94. The van der Waals surface area contributed by atoms with Gasteiger partial charge in [-0.15, -0.1) is 35.3 Å². The lowest BCUT2D eigenvalue weighted by Gasteiger charge is -2.11. The number of nitrogens with one attached hydrogen (secondary N) is 2. The summed E-state index contributed by atoms with van der Waals surface area (Å²) in [5, 5.41) is 11.9. The molecule has 0 saturated carbocycles. The van der Waals surface area contributed by atoms with Gasteiger partial charge in [-0.3, -0.25) is 4.99 Å². The maximum Gasteiger partial charge on any atom is 0.191 e. The Kier molecular flexibility index (Phi) is 7.58. The topological polar surface area (TPSA) is 67.1 Å². The molecule has 8 heteroatoms. The van der Waals surface area contributed by atoms with Gasteiger partial charge in [0, 0.05) is 30.9 Å². The summed E-state index contributed by atoms with van der Waals surface area (Å²) in [5.74, 6) is 0.765. The van der Waals surface area contributed by atoms with Crippen molar-refractivity contribution in [2.75, 3.05) is 7.05 Å². The maximum absolute atomic E-state index is 4.53. The van der Waals surface area contributed by atoms with Gasteiger partial charge >= 0.3 is 0 Å². The summed E-state index contributed by atoms with van der Waals surface area (Å²) in [4.78, 5) is 10.1. The molecule has 0 fully saturated rings. The Balaban J connectivity index is 0.00000243. The van der Waals surface area contributed by atoms with Crippen LogP contribution in [0, 0.1) is 13.8 Å². The molecule has 26 heavy (non-hydrogen) atoms. The van der Waals surface area contributed by atoms with Crippen molar-refractivity contribution >= 4 is 41.3 Å². The first kappa shape index (κ1) is 20.4. The molecule has 2 aromatic heterocycles. The van der Waals surface area contributed by atoms with Crippen molar-refractivity contribution in [3.05, 3.63) is 63.9 Å².